The number of nitrogens with one attached hydrogen (secondary N) is 1. The van der Waals surface area contributed by atoms with Gasteiger partial charge in [-0.3, -0.25) is 9.59 Å². The highest BCUT2D eigenvalue weighted by atomic mass is 35.5. The maximum Gasteiger partial charge on any atom is 0.262 e. The van der Waals surface area contributed by atoms with Gasteiger partial charge in [0.25, 0.3) is 5.91 Å². The number of aromatic nitrogens is 1. The van der Waals surface area contributed by atoms with Gasteiger partial charge < -0.3 is 14.7 Å². The van der Waals surface area contributed by atoms with Gasteiger partial charge in [-0.15, -0.1) is 11.3 Å². The molecule has 9 heteroatoms. The fraction of sp³-hybridized carbons (Fsp3) is 0.238. The second-order valence-corrected chi connectivity index (χ2v) is 8.42. The molecular weight excluding hydrogens is 424 g/mol. The third kappa shape index (κ3) is 3.47. The minimum absolute atomic E-state index is 0.0115. The predicted octanol–water partition coefficient (Wildman–Crippen LogP) is 4.39. The number of rotatable bonds is 3. The summed E-state index contributed by atoms with van der Waals surface area (Å²) in [6, 6.07) is 9.26. The number of halogens is 1. The first kappa shape index (κ1) is 20.1. The number of carbonyl (C=O) groups is 2. The molecule has 0 unspecified atom stereocenters. The molecule has 30 heavy (non-hydrogen) atoms. The molecule has 0 atom stereocenters. The average Bonchev–Trinajstić information content (AvgIpc) is 3.27. The molecule has 0 saturated heterocycles. The van der Waals surface area contributed by atoms with Crippen molar-refractivity contribution < 1.29 is 14.1 Å². The van der Waals surface area contributed by atoms with Crippen LogP contribution in [-0.2, 0) is 17.8 Å². The summed E-state index contributed by atoms with van der Waals surface area (Å²) in [4.78, 5) is 27.5. The molecule has 1 N–H and O–H groups in total. The summed E-state index contributed by atoms with van der Waals surface area (Å²) in [7, 11) is 0. The molecular formula is C21H17ClN4O3S. The maximum atomic E-state index is 13.1. The van der Waals surface area contributed by atoms with Crippen LogP contribution in [0, 0.1) is 18.3 Å². The lowest BCUT2D eigenvalue weighted by molar-refractivity contribution is -0.129. The van der Waals surface area contributed by atoms with Crippen molar-refractivity contribution in [3.8, 4) is 17.3 Å². The quantitative estimate of drug-likeness (QED) is 0.650. The molecule has 0 radical (unpaired) electrons. The molecule has 3 aromatic rings. The van der Waals surface area contributed by atoms with E-state index < -0.39 is 5.91 Å². The van der Waals surface area contributed by atoms with E-state index in [0.29, 0.717) is 52.1 Å². The molecule has 0 aliphatic carbocycles. The van der Waals surface area contributed by atoms with Crippen molar-refractivity contribution in [3.63, 3.8) is 0 Å². The normalized spacial score (nSPS) is 12.9. The predicted molar refractivity (Wildman–Crippen MR) is 113 cm³/mol. The summed E-state index contributed by atoms with van der Waals surface area (Å²) in [5, 5.41) is 17.5. The van der Waals surface area contributed by atoms with Crippen LogP contribution in [0.5, 0.6) is 0 Å². The second-order valence-electron chi connectivity index (χ2n) is 6.91. The monoisotopic (exact) mass is 440 g/mol. The summed E-state index contributed by atoms with van der Waals surface area (Å²) >= 11 is 7.59. The number of thiophene rings is 1. The topological polar surface area (TPSA) is 99.2 Å². The number of carbonyl (C=O) groups excluding carboxylic acids is 2. The largest absolute Gasteiger partial charge is 0.360 e. The Balaban J connectivity index is 1.68. The number of anilines is 1. The molecule has 3 heterocycles. The van der Waals surface area contributed by atoms with Gasteiger partial charge in [-0.25, -0.2) is 0 Å². The molecule has 0 saturated carbocycles. The molecule has 4 rings (SSSR count). The maximum absolute atomic E-state index is 13.1. The summed E-state index contributed by atoms with van der Waals surface area (Å²) < 4.78 is 5.27. The van der Waals surface area contributed by atoms with Gasteiger partial charge in [0.15, 0.2) is 0 Å². The lowest BCUT2D eigenvalue weighted by Crippen LogP contribution is -2.33. The highest BCUT2D eigenvalue weighted by molar-refractivity contribution is 7.16. The lowest BCUT2D eigenvalue weighted by Gasteiger charge is -2.25. The Kier molecular flexibility index (Phi) is 5.33. The third-order valence-electron chi connectivity index (χ3n) is 5.06. The number of fused-ring (bicyclic) bond motifs is 1. The Bertz CT molecular complexity index is 1210. The van der Waals surface area contributed by atoms with Crippen LogP contribution in [0.4, 0.5) is 5.00 Å². The Labute approximate surface area is 181 Å². The summed E-state index contributed by atoms with van der Waals surface area (Å²) in [6.45, 7) is 4.18. The summed E-state index contributed by atoms with van der Waals surface area (Å²) in [5.74, 6) is -0.0881. The van der Waals surface area contributed by atoms with E-state index in [1.165, 1.54) is 18.3 Å². The van der Waals surface area contributed by atoms with Gasteiger partial charge in [-0.2, -0.15) is 5.26 Å². The molecule has 152 valence electrons. The molecule has 0 bridgehead atoms. The van der Waals surface area contributed by atoms with E-state index >= 15 is 0 Å². The standard InChI is InChI=1S/C21H17ClN4O3S/c1-11-18(19(25-29-11)14-5-3-4-6-16(14)22)20(28)24-21-15(9-23)13-7-8-26(12(2)27)10-17(13)30-21/h3-6H,7-8,10H2,1-2H3,(H,24,28). The zero-order valence-corrected chi connectivity index (χ0v) is 17.9. The van der Waals surface area contributed by atoms with E-state index in [2.05, 4.69) is 16.5 Å². The molecule has 1 aliphatic heterocycles. The number of hydrogen-bond acceptors (Lipinski definition) is 6. The van der Waals surface area contributed by atoms with Crippen molar-refractivity contribution in [1.29, 1.82) is 5.26 Å². The summed E-state index contributed by atoms with van der Waals surface area (Å²) in [6.07, 6.45) is 0.585. The number of hydrogen-bond donors (Lipinski definition) is 1. The van der Waals surface area contributed by atoms with Gasteiger partial charge in [0.2, 0.25) is 5.91 Å². The first-order valence-electron chi connectivity index (χ1n) is 9.23. The second kappa shape index (κ2) is 7.94. The minimum Gasteiger partial charge on any atom is -0.360 e. The zero-order valence-electron chi connectivity index (χ0n) is 16.3. The van der Waals surface area contributed by atoms with Gasteiger partial charge in [-0.1, -0.05) is 35.0 Å². The van der Waals surface area contributed by atoms with Gasteiger partial charge in [0, 0.05) is 23.9 Å². The van der Waals surface area contributed by atoms with Crippen LogP contribution < -0.4 is 5.32 Å². The van der Waals surface area contributed by atoms with Crippen molar-refractivity contribution in [1.82, 2.24) is 10.1 Å². The lowest BCUT2D eigenvalue weighted by atomic mass is 10.0. The summed E-state index contributed by atoms with van der Waals surface area (Å²) in [5.41, 5.74) is 2.54. The average molecular weight is 441 g/mol. The van der Waals surface area contributed by atoms with Gasteiger partial charge in [-0.05, 0) is 25.0 Å². The van der Waals surface area contributed by atoms with Crippen molar-refractivity contribution in [2.45, 2.75) is 26.8 Å². The van der Waals surface area contributed by atoms with Crippen LogP contribution in [0.1, 0.15) is 39.0 Å². The Morgan fingerprint density at radius 2 is 2.13 bits per heavy atom. The Hall–Kier alpha value is -3.15. The van der Waals surface area contributed by atoms with E-state index in [1.54, 1.807) is 36.1 Å². The molecule has 2 amide bonds. The van der Waals surface area contributed by atoms with Crippen LogP contribution in [0.2, 0.25) is 5.02 Å². The highest BCUT2D eigenvalue weighted by Crippen LogP contribution is 2.38. The van der Waals surface area contributed by atoms with Crippen LogP contribution in [0.25, 0.3) is 11.3 Å². The van der Waals surface area contributed by atoms with Crippen LogP contribution >= 0.6 is 22.9 Å². The number of aryl methyl sites for hydroxylation is 1. The zero-order chi connectivity index (χ0) is 21.4. The Morgan fingerprint density at radius 1 is 1.37 bits per heavy atom. The van der Waals surface area contributed by atoms with Crippen molar-refractivity contribution in [2.75, 3.05) is 11.9 Å². The van der Waals surface area contributed by atoms with Gasteiger partial charge in [0.05, 0.1) is 17.1 Å². The van der Waals surface area contributed by atoms with Crippen molar-refractivity contribution in [3.05, 3.63) is 56.6 Å². The van der Waals surface area contributed by atoms with Gasteiger partial charge in [0.1, 0.15) is 28.1 Å². The van der Waals surface area contributed by atoms with Crippen LogP contribution in [-0.4, -0.2) is 28.4 Å². The van der Waals surface area contributed by atoms with E-state index in [4.69, 9.17) is 16.1 Å². The van der Waals surface area contributed by atoms with Crippen LogP contribution in [0.3, 0.4) is 0 Å². The molecule has 0 spiro atoms. The van der Waals surface area contributed by atoms with E-state index in [0.717, 1.165) is 10.4 Å². The van der Waals surface area contributed by atoms with Crippen LogP contribution in [0.15, 0.2) is 28.8 Å². The number of nitrogens with zero attached hydrogens (tertiary/aromatic N) is 3. The van der Waals surface area contributed by atoms with Crippen molar-refractivity contribution >= 4 is 39.8 Å². The van der Waals surface area contributed by atoms with E-state index in [-0.39, 0.29) is 11.5 Å². The molecule has 0 fully saturated rings. The molecule has 7 nitrogen and oxygen atoms in total. The number of nitriles is 1. The highest BCUT2D eigenvalue weighted by Gasteiger charge is 2.28. The third-order valence-corrected chi connectivity index (χ3v) is 6.52. The smallest absolute Gasteiger partial charge is 0.262 e. The van der Waals surface area contributed by atoms with Crippen molar-refractivity contribution in [2.24, 2.45) is 0 Å². The van der Waals surface area contributed by atoms with E-state index in [1.807, 2.05) is 0 Å². The first-order valence-corrected chi connectivity index (χ1v) is 10.4. The first-order chi connectivity index (χ1) is 14.4. The number of amides is 2. The van der Waals surface area contributed by atoms with Gasteiger partial charge >= 0.3 is 0 Å². The molecule has 1 aliphatic rings. The van der Waals surface area contributed by atoms with E-state index in [9.17, 15) is 14.9 Å². The minimum atomic E-state index is -0.429. The fourth-order valence-electron chi connectivity index (χ4n) is 3.52. The molecule has 1 aromatic carbocycles. The number of benzene rings is 1. The Morgan fingerprint density at radius 3 is 2.83 bits per heavy atom. The fourth-order valence-corrected chi connectivity index (χ4v) is 4.95. The molecule has 2 aromatic heterocycles. The SMILES string of the molecule is CC(=O)N1CCc2c(sc(NC(=O)c3c(-c4ccccc4Cl)noc3C)c2C#N)C1.